The molecule has 8 heteroatoms. The smallest absolute Gasteiger partial charge is 0.182 e. The summed E-state index contributed by atoms with van der Waals surface area (Å²) in [6.45, 7) is 1.44. The number of rotatable bonds is 4. The maximum Gasteiger partial charge on any atom is 0.182 e. The van der Waals surface area contributed by atoms with Crippen LogP contribution in [0.25, 0.3) is 0 Å². The number of sulfone groups is 1. The van der Waals surface area contributed by atoms with E-state index >= 15 is 0 Å². The zero-order valence-electron chi connectivity index (χ0n) is 11.1. The first kappa shape index (κ1) is 14.5. The summed E-state index contributed by atoms with van der Waals surface area (Å²) in [5.74, 6) is 0.0823. The Kier molecular flexibility index (Phi) is 4.32. The van der Waals surface area contributed by atoms with E-state index in [4.69, 9.17) is 10.5 Å². The van der Waals surface area contributed by atoms with Crippen molar-refractivity contribution in [3.05, 3.63) is 0 Å². The Labute approximate surface area is 117 Å². The van der Waals surface area contributed by atoms with Gasteiger partial charge in [0.05, 0.1) is 6.10 Å². The molecule has 0 bridgehead atoms. The van der Waals surface area contributed by atoms with Crippen molar-refractivity contribution in [1.29, 1.82) is 0 Å². The fourth-order valence-electron chi connectivity index (χ4n) is 2.22. The van der Waals surface area contributed by atoms with Gasteiger partial charge in [0.1, 0.15) is 9.90 Å². The number of nitrogens with zero attached hydrogens (tertiary/aromatic N) is 2. The zero-order chi connectivity index (χ0) is 14.0. The van der Waals surface area contributed by atoms with Gasteiger partial charge >= 0.3 is 0 Å². The van der Waals surface area contributed by atoms with Gasteiger partial charge in [0, 0.05) is 26.5 Å². The summed E-state index contributed by atoms with van der Waals surface area (Å²) in [5, 5.41) is 0.592. The number of ether oxygens (including phenoxy) is 1. The minimum absolute atomic E-state index is 0.0823. The Hall–Kier alpha value is -0.860. The molecule has 108 valence electrons. The normalized spacial score (nSPS) is 20.4. The first-order valence-corrected chi connectivity index (χ1v) is 8.84. The molecule has 1 aromatic rings. The molecular formula is C11H19N3O3S2. The number of nitrogens with two attached hydrogens (primary N) is 1. The SMILES string of the molecule is CN(CC1CCCCO1)c1snc(N)c1S(C)(=O)=O. The van der Waals surface area contributed by atoms with E-state index in [0.29, 0.717) is 11.5 Å². The lowest BCUT2D eigenvalue weighted by atomic mass is 10.1. The molecule has 2 N–H and O–H groups in total. The molecule has 1 aliphatic rings. The molecule has 0 aliphatic carbocycles. The first-order valence-electron chi connectivity index (χ1n) is 6.17. The summed E-state index contributed by atoms with van der Waals surface area (Å²) in [5.41, 5.74) is 5.66. The lowest BCUT2D eigenvalue weighted by molar-refractivity contribution is 0.0216. The summed E-state index contributed by atoms with van der Waals surface area (Å²) in [6, 6.07) is 0. The van der Waals surface area contributed by atoms with E-state index in [1.165, 1.54) is 0 Å². The molecule has 0 saturated carbocycles. The summed E-state index contributed by atoms with van der Waals surface area (Å²) in [4.78, 5) is 2.01. The lowest BCUT2D eigenvalue weighted by Gasteiger charge is -2.28. The number of hydrogen-bond acceptors (Lipinski definition) is 7. The molecule has 2 heterocycles. The molecule has 0 radical (unpaired) electrons. The predicted molar refractivity (Wildman–Crippen MR) is 76.5 cm³/mol. The van der Waals surface area contributed by atoms with E-state index in [1.807, 2.05) is 11.9 Å². The van der Waals surface area contributed by atoms with Crippen LogP contribution in [-0.2, 0) is 14.6 Å². The highest BCUT2D eigenvalue weighted by Gasteiger charge is 2.25. The van der Waals surface area contributed by atoms with Gasteiger partial charge in [-0.15, -0.1) is 0 Å². The summed E-state index contributed by atoms with van der Waals surface area (Å²) < 4.78 is 33.1. The minimum Gasteiger partial charge on any atom is -0.382 e. The first-order chi connectivity index (χ1) is 8.89. The molecule has 1 aromatic heterocycles. The number of aromatic nitrogens is 1. The monoisotopic (exact) mass is 305 g/mol. The molecule has 2 rings (SSSR count). The number of anilines is 2. The molecular weight excluding hydrogens is 286 g/mol. The molecule has 0 aromatic carbocycles. The quantitative estimate of drug-likeness (QED) is 0.897. The summed E-state index contributed by atoms with van der Waals surface area (Å²) >= 11 is 1.12. The average Bonchev–Trinajstić information content (AvgIpc) is 2.72. The van der Waals surface area contributed by atoms with Crippen LogP contribution >= 0.6 is 11.5 Å². The van der Waals surface area contributed by atoms with Crippen molar-refractivity contribution in [2.45, 2.75) is 30.3 Å². The predicted octanol–water partition coefficient (Wildman–Crippen LogP) is 1.13. The standard InChI is InChI=1S/C11H19N3O3S2/c1-14(7-8-5-3-4-6-17-8)11-9(19(2,15)16)10(12)13-18-11/h8H,3-7H2,1-2H3,(H2,12,13). The number of hydrogen-bond donors (Lipinski definition) is 1. The van der Waals surface area contributed by atoms with Gasteiger partial charge in [0.15, 0.2) is 15.7 Å². The second-order valence-corrected chi connectivity index (χ2v) is 7.55. The van der Waals surface area contributed by atoms with E-state index in [1.54, 1.807) is 0 Å². The van der Waals surface area contributed by atoms with Gasteiger partial charge in [-0.25, -0.2) is 8.42 Å². The maximum absolute atomic E-state index is 11.8. The van der Waals surface area contributed by atoms with E-state index in [2.05, 4.69) is 4.37 Å². The van der Waals surface area contributed by atoms with Gasteiger partial charge in [0.25, 0.3) is 0 Å². The third kappa shape index (κ3) is 3.37. The highest BCUT2D eigenvalue weighted by atomic mass is 32.2. The Bertz CT molecular complexity index is 535. The average molecular weight is 305 g/mol. The van der Waals surface area contributed by atoms with E-state index in [9.17, 15) is 8.42 Å². The van der Waals surface area contributed by atoms with Gasteiger partial charge < -0.3 is 15.4 Å². The third-order valence-corrected chi connectivity index (χ3v) is 5.38. The van der Waals surface area contributed by atoms with Gasteiger partial charge in [-0.05, 0) is 30.8 Å². The van der Waals surface area contributed by atoms with Crippen molar-refractivity contribution < 1.29 is 13.2 Å². The van der Waals surface area contributed by atoms with Crippen LogP contribution in [0.5, 0.6) is 0 Å². The Morgan fingerprint density at radius 2 is 2.26 bits per heavy atom. The van der Waals surface area contributed by atoms with Crippen LogP contribution < -0.4 is 10.6 Å². The fraction of sp³-hybridized carbons (Fsp3) is 0.727. The second-order valence-electron chi connectivity index (χ2n) is 4.84. The maximum atomic E-state index is 11.8. The largest absolute Gasteiger partial charge is 0.382 e. The van der Waals surface area contributed by atoms with Crippen molar-refractivity contribution in [3.8, 4) is 0 Å². The van der Waals surface area contributed by atoms with E-state index < -0.39 is 9.84 Å². The van der Waals surface area contributed by atoms with Gasteiger partial charge in [-0.2, -0.15) is 4.37 Å². The van der Waals surface area contributed by atoms with E-state index in [0.717, 1.165) is 43.7 Å². The van der Waals surface area contributed by atoms with Crippen LogP contribution in [0.2, 0.25) is 0 Å². The zero-order valence-corrected chi connectivity index (χ0v) is 12.8. The van der Waals surface area contributed by atoms with Gasteiger partial charge in [-0.1, -0.05) is 0 Å². The van der Waals surface area contributed by atoms with Crippen LogP contribution in [-0.4, -0.2) is 45.4 Å². The molecule has 6 nitrogen and oxygen atoms in total. The topological polar surface area (TPSA) is 85.5 Å². The molecule has 0 amide bonds. The Balaban J connectivity index is 2.17. The van der Waals surface area contributed by atoms with Gasteiger partial charge in [0.2, 0.25) is 0 Å². The van der Waals surface area contributed by atoms with Crippen LogP contribution in [0.3, 0.4) is 0 Å². The van der Waals surface area contributed by atoms with Crippen LogP contribution in [0, 0.1) is 0 Å². The van der Waals surface area contributed by atoms with Crippen LogP contribution in [0.15, 0.2) is 4.90 Å². The summed E-state index contributed by atoms with van der Waals surface area (Å²) in [7, 11) is -1.52. The molecule has 19 heavy (non-hydrogen) atoms. The third-order valence-electron chi connectivity index (χ3n) is 3.13. The molecule has 1 aliphatic heterocycles. The van der Waals surface area contributed by atoms with Crippen molar-refractivity contribution in [2.24, 2.45) is 0 Å². The molecule has 1 fully saturated rings. The van der Waals surface area contributed by atoms with Crippen LogP contribution in [0.1, 0.15) is 19.3 Å². The highest BCUT2D eigenvalue weighted by molar-refractivity contribution is 7.91. The van der Waals surface area contributed by atoms with Gasteiger partial charge in [-0.3, -0.25) is 0 Å². The molecule has 1 saturated heterocycles. The Morgan fingerprint density at radius 3 is 2.84 bits per heavy atom. The molecule has 1 unspecified atom stereocenters. The van der Waals surface area contributed by atoms with Crippen molar-refractivity contribution in [1.82, 2.24) is 4.37 Å². The molecule has 0 spiro atoms. The highest BCUT2D eigenvalue weighted by Crippen LogP contribution is 2.34. The number of nitrogen functional groups attached to an aromatic ring is 1. The lowest BCUT2D eigenvalue weighted by Crippen LogP contribution is -2.33. The van der Waals surface area contributed by atoms with E-state index in [-0.39, 0.29) is 16.8 Å². The summed E-state index contributed by atoms with van der Waals surface area (Å²) in [6.07, 6.45) is 4.56. The van der Waals surface area contributed by atoms with Crippen molar-refractivity contribution in [3.63, 3.8) is 0 Å². The minimum atomic E-state index is -3.37. The number of likely N-dealkylation sites (N-methyl/N-ethyl adjacent to an activating group) is 1. The Morgan fingerprint density at radius 1 is 1.53 bits per heavy atom. The van der Waals surface area contributed by atoms with Crippen LogP contribution in [0.4, 0.5) is 10.8 Å². The van der Waals surface area contributed by atoms with Crippen molar-refractivity contribution >= 4 is 32.2 Å². The second kappa shape index (κ2) is 5.64. The van der Waals surface area contributed by atoms with Crippen molar-refractivity contribution in [2.75, 3.05) is 37.1 Å². The fourth-order valence-corrected chi connectivity index (χ4v) is 4.42. The molecule has 1 atom stereocenters.